The van der Waals surface area contributed by atoms with Gasteiger partial charge in [-0.1, -0.05) is 45.4 Å². The lowest BCUT2D eigenvalue weighted by Gasteiger charge is -2.14. The maximum absolute atomic E-state index is 9.71. The van der Waals surface area contributed by atoms with E-state index in [1.165, 1.54) is 38.5 Å². The van der Waals surface area contributed by atoms with E-state index in [1.807, 2.05) is 0 Å². The summed E-state index contributed by atoms with van der Waals surface area (Å²) in [6, 6.07) is 0. The molecule has 3 atom stereocenters. The molecule has 19 heavy (non-hydrogen) atoms. The van der Waals surface area contributed by atoms with Crippen molar-refractivity contribution in [3.8, 4) is 0 Å². The molecule has 1 aliphatic rings. The number of hydrogen-bond donors (Lipinski definition) is 1. The minimum Gasteiger partial charge on any atom is -0.393 e. The van der Waals surface area contributed by atoms with Gasteiger partial charge in [-0.3, -0.25) is 0 Å². The maximum Gasteiger partial charge on any atom is 0.0834 e. The Morgan fingerprint density at radius 1 is 1.16 bits per heavy atom. The van der Waals surface area contributed by atoms with E-state index in [0.29, 0.717) is 18.8 Å². The molecule has 0 spiro atoms. The van der Waals surface area contributed by atoms with Gasteiger partial charge in [0.15, 0.2) is 0 Å². The van der Waals surface area contributed by atoms with Crippen molar-refractivity contribution in [2.75, 3.05) is 13.2 Å². The predicted molar refractivity (Wildman–Crippen MR) is 78.4 cm³/mol. The van der Waals surface area contributed by atoms with E-state index in [2.05, 4.69) is 13.8 Å². The third-order valence-corrected chi connectivity index (χ3v) is 3.75. The SMILES string of the molecule is CCCCCCCCC(C)OCCC(O)CC1CO1. The lowest BCUT2D eigenvalue weighted by atomic mass is 10.1. The number of rotatable bonds is 13. The normalized spacial score (nSPS) is 21.3. The molecule has 1 N–H and O–H groups in total. The third kappa shape index (κ3) is 10.3. The van der Waals surface area contributed by atoms with Crippen LogP contribution in [0.15, 0.2) is 0 Å². The summed E-state index contributed by atoms with van der Waals surface area (Å²) in [6.45, 7) is 5.89. The highest BCUT2D eigenvalue weighted by Crippen LogP contribution is 2.17. The summed E-state index contributed by atoms with van der Waals surface area (Å²) in [5.41, 5.74) is 0. The maximum atomic E-state index is 9.71. The van der Waals surface area contributed by atoms with Crippen LogP contribution in [-0.4, -0.2) is 36.6 Å². The molecule has 0 aliphatic carbocycles. The van der Waals surface area contributed by atoms with E-state index in [1.54, 1.807) is 0 Å². The fourth-order valence-corrected chi connectivity index (χ4v) is 2.33. The van der Waals surface area contributed by atoms with Crippen molar-refractivity contribution in [2.24, 2.45) is 0 Å². The number of epoxide rings is 1. The number of hydrogen-bond acceptors (Lipinski definition) is 3. The highest BCUT2D eigenvalue weighted by molar-refractivity contribution is 4.73. The summed E-state index contributed by atoms with van der Waals surface area (Å²) in [4.78, 5) is 0. The van der Waals surface area contributed by atoms with E-state index in [4.69, 9.17) is 9.47 Å². The number of ether oxygens (including phenoxy) is 2. The second-order valence-electron chi connectivity index (χ2n) is 5.87. The van der Waals surface area contributed by atoms with Crippen LogP contribution < -0.4 is 0 Å². The Labute approximate surface area is 118 Å². The van der Waals surface area contributed by atoms with Crippen LogP contribution in [0.1, 0.15) is 71.6 Å². The summed E-state index contributed by atoms with van der Waals surface area (Å²) in [5, 5.41) is 9.71. The second kappa shape index (κ2) is 10.6. The second-order valence-corrected chi connectivity index (χ2v) is 5.87. The minimum atomic E-state index is -0.256. The molecule has 0 amide bonds. The van der Waals surface area contributed by atoms with Crippen LogP contribution >= 0.6 is 0 Å². The lowest BCUT2D eigenvalue weighted by Crippen LogP contribution is -2.16. The average Bonchev–Trinajstić information content (AvgIpc) is 3.17. The Hall–Kier alpha value is -0.120. The monoisotopic (exact) mass is 272 g/mol. The largest absolute Gasteiger partial charge is 0.393 e. The molecule has 0 saturated carbocycles. The Bertz CT molecular complexity index is 204. The van der Waals surface area contributed by atoms with E-state index in [0.717, 1.165) is 25.9 Å². The summed E-state index contributed by atoms with van der Waals surface area (Å²) < 4.78 is 10.8. The van der Waals surface area contributed by atoms with Gasteiger partial charge in [-0.05, 0) is 19.8 Å². The average molecular weight is 272 g/mol. The van der Waals surface area contributed by atoms with E-state index in [9.17, 15) is 5.11 Å². The highest BCUT2D eigenvalue weighted by atomic mass is 16.6. The van der Waals surface area contributed by atoms with Crippen molar-refractivity contribution < 1.29 is 14.6 Å². The standard InChI is InChI=1S/C16H32O3/c1-3-4-5-6-7-8-9-14(2)18-11-10-15(17)12-16-13-19-16/h14-17H,3-13H2,1-2H3. The molecule has 1 aliphatic heterocycles. The molecule has 0 bridgehead atoms. The fourth-order valence-electron chi connectivity index (χ4n) is 2.33. The number of unbranched alkanes of at least 4 members (excludes halogenated alkanes) is 5. The quantitative estimate of drug-likeness (QED) is 0.411. The predicted octanol–water partition coefficient (Wildman–Crippen LogP) is 3.68. The minimum absolute atomic E-state index is 0.256. The summed E-state index contributed by atoms with van der Waals surface area (Å²) in [5.74, 6) is 0. The van der Waals surface area contributed by atoms with Gasteiger partial charge in [0.2, 0.25) is 0 Å². The summed E-state index contributed by atoms with van der Waals surface area (Å²) >= 11 is 0. The molecule has 1 heterocycles. The van der Waals surface area contributed by atoms with Gasteiger partial charge in [-0.2, -0.15) is 0 Å². The van der Waals surface area contributed by atoms with Gasteiger partial charge in [0, 0.05) is 13.0 Å². The summed E-state index contributed by atoms with van der Waals surface area (Å²) in [6.07, 6.45) is 11.1. The molecule has 3 heteroatoms. The van der Waals surface area contributed by atoms with Gasteiger partial charge in [-0.15, -0.1) is 0 Å². The topological polar surface area (TPSA) is 42.0 Å². The Morgan fingerprint density at radius 3 is 2.53 bits per heavy atom. The molecule has 0 radical (unpaired) electrons. The van der Waals surface area contributed by atoms with Crippen LogP contribution in [0.4, 0.5) is 0 Å². The van der Waals surface area contributed by atoms with Crippen LogP contribution in [0, 0.1) is 0 Å². The third-order valence-electron chi connectivity index (χ3n) is 3.75. The van der Waals surface area contributed by atoms with Crippen molar-refractivity contribution >= 4 is 0 Å². The Morgan fingerprint density at radius 2 is 1.84 bits per heavy atom. The van der Waals surface area contributed by atoms with Gasteiger partial charge in [0.1, 0.15) is 0 Å². The molecule has 1 saturated heterocycles. The van der Waals surface area contributed by atoms with Gasteiger partial charge >= 0.3 is 0 Å². The van der Waals surface area contributed by atoms with Crippen LogP contribution in [0.5, 0.6) is 0 Å². The molecular weight excluding hydrogens is 240 g/mol. The zero-order chi connectivity index (χ0) is 13.9. The zero-order valence-corrected chi connectivity index (χ0v) is 12.8. The molecule has 1 rings (SSSR count). The Balaban J connectivity index is 1.82. The molecule has 0 aromatic rings. The molecule has 0 aromatic heterocycles. The first-order chi connectivity index (χ1) is 9.22. The van der Waals surface area contributed by atoms with Crippen LogP contribution in [-0.2, 0) is 9.47 Å². The van der Waals surface area contributed by atoms with E-state index in [-0.39, 0.29) is 6.10 Å². The molecular formula is C16H32O3. The molecule has 0 aromatic carbocycles. The van der Waals surface area contributed by atoms with Crippen molar-refractivity contribution in [1.82, 2.24) is 0 Å². The zero-order valence-electron chi connectivity index (χ0n) is 12.8. The first kappa shape index (κ1) is 16.9. The van der Waals surface area contributed by atoms with Gasteiger partial charge in [0.25, 0.3) is 0 Å². The number of aliphatic hydroxyl groups excluding tert-OH is 1. The molecule has 1 fully saturated rings. The van der Waals surface area contributed by atoms with Crippen LogP contribution in [0.2, 0.25) is 0 Å². The molecule has 3 unspecified atom stereocenters. The summed E-state index contributed by atoms with van der Waals surface area (Å²) in [7, 11) is 0. The van der Waals surface area contributed by atoms with Gasteiger partial charge in [-0.25, -0.2) is 0 Å². The van der Waals surface area contributed by atoms with Gasteiger partial charge < -0.3 is 14.6 Å². The molecule has 114 valence electrons. The van der Waals surface area contributed by atoms with Crippen LogP contribution in [0.25, 0.3) is 0 Å². The Kier molecular flexibility index (Phi) is 9.48. The highest BCUT2D eigenvalue weighted by Gasteiger charge is 2.25. The van der Waals surface area contributed by atoms with Crippen molar-refractivity contribution in [3.63, 3.8) is 0 Å². The van der Waals surface area contributed by atoms with Crippen molar-refractivity contribution in [3.05, 3.63) is 0 Å². The van der Waals surface area contributed by atoms with E-state index >= 15 is 0 Å². The van der Waals surface area contributed by atoms with Crippen LogP contribution in [0.3, 0.4) is 0 Å². The van der Waals surface area contributed by atoms with Crippen molar-refractivity contribution in [2.45, 2.75) is 89.9 Å². The first-order valence-corrected chi connectivity index (χ1v) is 8.13. The van der Waals surface area contributed by atoms with Crippen molar-refractivity contribution in [1.29, 1.82) is 0 Å². The lowest BCUT2D eigenvalue weighted by molar-refractivity contribution is 0.0291. The number of aliphatic hydroxyl groups is 1. The molecule has 3 nitrogen and oxygen atoms in total. The van der Waals surface area contributed by atoms with E-state index < -0.39 is 0 Å². The smallest absolute Gasteiger partial charge is 0.0834 e. The first-order valence-electron chi connectivity index (χ1n) is 8.13. The van der Waals surface area contributed by atoms with Gasteiger partial charge in [0.05, 0.1) is 24.9 Å². The fraction of sp³-hybridized carbons (Fsp3) is 1.00.